The molecule has 23 heavy (non-hydrogen) atoms. The zero-order chi connectivity index (χ0) is 16.2. The average molecular weight is 320 g/mol. The largest absolute Gasteiger partial charge is 0.377 e. The van der Waals surface area contributed by atoms with Crippen molar-refractivity contribution in [2.24, 2.45) is 0 Å². The van der Waals surface area contributed by atoms with Gasteiger partial charge in [-0.3, -0.25) is 10.1 Å². The summed E-state index contributed by atoms with van der Waals surface area (Å²) in [7, 11) is 2.11. The third-order valence-electron chi connectivity index (χ3n) is 4.59. The fourth-order valence-corrected chi connectivity index (χ4v) is 3.12. The van der Waals surface area contributed by atoms with Crippen LogP contribution in [0.3, 0.4) is 0 Å². The van der Waals surface area contributed by atoms with Gasteiger partial charge in [0.25, 0.3) is 5.69 Å². The Morgan fingerprint density at radius 2 is 2.13 bits per heavy atom. The van der Waals surface area contributed by atoms with Gasteiger partial charge < -0.3 is 19.9 Å². The van der Waals surface area contributed by atoms with Crippen molar-refractivity contribution in [3.8, 4) is 0 Å². The molecule has 2 heterocycles. The SMILES string of the molecule is CN1CCN(c2ccc([N+](=O)[O-])c(NC[C@@H]3CCCO3)c2)CC1. The minimum Gasteiger partial charge on any atom is -0.377 e. The first-order valence-electron chi connectivity index (χ1n) is 8.21. The van der Waals surface area contributed by atoms with Crippen molar-refractivity contribution in [2.75, 3.05) is 56.6 Å². The van der Waals surface area contributed by atoms with Crippen molar-refractivity contribution >= 4 is 17.1 Å². The zero-order valence-electron chi connectivity index (χ0n) is 13.5. The summed E-state index contributed by atoms with van der Waals surface area (Å²) >= 11 is 0. The van der Waals surface area contributed by atoms with Gasteiger partial charge in [-0.15, -0.1) is 0 Å². The lowest BCUT2D eigenvalue weighted by molar-refractivity contribution is -0.383. The molecule has 0 radical (unpaired) electrons. The molecule has 7 nitrogen and oxygen atoms in total. The third kappa shape index (κ3) is 3.92. The Hall–Kier alpha value is -1.86. The predicted molar refractivity (Wildman–Crippen MR) is 90.3 cm³/mol. The number of nitro groups is 1. The van der Waals surface area contributed by atoms with Crippen LogP contribution in [0.2, 0.25) is 0 Å². The number of nitro benzene ring substituents is 1. The fraction of sp³-hybridized carbons (Fsp3) is 0.625. The second-order valence-corrected chi connectivity index (χ2v) is 6.26. The molecule has 2 saturated heterocycles. The van der Waals surface area contributed by atoms with Crippen LogP contribution >= 0.6 is 0 Å². The Balaban J connectivity index is 1.74. The van der Waals surface area contributed by atoms with Gasteiger partial charge in [0.15, 0.2) is 0 Å². The lowest BCUT2D eigenvalue weighted by Crippen LogP contribution is -2.44. The number of likely N-dealkylation sites (N-methyl/N-ethyl adjacent to an activating group) is 1. The van der Waals surface area contributed by atoms with Gasteiger partial charge in [0.2, 0.25) is 0 Å². The number of hydrogen-bond donors (Lipinski definition) is 1. The maximum absolute atomic E-state index is 11.3. The van der Waals surface area contributed by atoms with E-state index in [9.17, 15) is 10.1 Å². The van der Waals surface area contributed by atoms with Crippen LogP contribution in [0.1, 0.15) is 12.8 Å². The molecule has 1 atom stereocenters. The van der Waals surface area contributed by atoms with Gasteiger partial charge >= 0.3 is 0 Å². The van der Waals surface area contributed by atoms with E-state index in [0.29, 0.717) is 12.2 Å². The highest BCUT2D eigenvalue weighted by Crippen LogP contribution is 2.30. The Morgan fingerprint density at radius 1 is 1.35 bits per heavy atom. The molecule has 3 rings (SSSR count). The molecule has 0 aromatic heterocycles. The first-order chi connectivity index (χ1) is 11.1. The minimum absolute atomic E-state index is 0.126. The van der Waals surface area contributed by atoms with Crippen molar-refractivity contribution in [3.05, 3.63) is 28.3 Å². The average Bonchev–Trinajstić information content (AvgIpc) is 3.06. The van der Waals surface area contributed by atoms with Crippen LogP contribution < -0.4 is 10.2 Å². The smallest absolute Gasteiger partial charge is 0.292 e. The molecule has 1 N–H and O–H groups in total. The summed E-state index contributed by atoms with van der Waals surface area (Å²) in [5.74, 6) is 0. The molecule has 0 aliphatic carbocycles. The quantitative estimate of drug-likeness (QED) is 0.660. The van der Waals surface area contributed by atoms with Crippen LogP contribution in [0.4, 0.5) is 17.1 Å². The van der Waals surface area contributed by atoms with Gasteiger partial charge in [-0.25, -0.2) is 0 Å². The molecule has 7 heteroatoms. The number of ether oxygens (including phenoxy) is 1. The number of anilines is 2. The van der Waals surface area contributed by atoms with Crippen LogP contribution in [0, 0.1) is 10.1 Å². The molecule has 0 saturated carbocycles. The third-order valence-corrected chi connectivity index (χ3v) is 4.59. The first kappa shape index (κ1) is 16.0. The van der Waals surface area contributed by atoms with Crippen LogP contribution in [-0.4, -0.2) is 62.3 Å². The maximum atomic E-state index is 11.3. The van der Waals surface area contributed by atoms with E-state index in [2.05, 4.69) is 22.2 Å². The number of hydrogen-bond acceptors (Lipinski definition) is 6. The molecule has 0 unspecified atom stereocenters. The Bertz CT molecular complexity index is 552. The summed E-state index contributed by atoms with van der Waals surface area (Å²) in [5.41, 5.74) is 1.75. The predicted octanol–water partition coefficient (Wildman–Crippen LogP) is 1.94. The van der Waals surface area contributed by atoms with E-state index in [0.717, 1.165) is 51.3 Å². The first-order valence-corrected chi connectivity index (χ1v) is 8.21. The van der Waals surface area contributed by atoms with Crippen LogP contribution in [0.15, 0.2) is 18.2 Å². The number of rotatable bonds is 5. The standard InChI is InChI=1S/C16H24N4O3/c1-18-6-8-19(9-7-18)13-4-5-16(20(21)22)15(11-13)17-12-14-3-2-10-23-14/h4-5,11,14,17H,2-3,6-10,12H2,1H3/t14-/m0/s1. The van der Waals surface area contributed by atoms with Crippen molar-refractivity contribution in [3.63, 3.8) is 0 Å². The van der Waals surface area contributed by atoms with Gasteiger partial charge in [0.05, 0.1) is 11.0 Å². The highest BCUT2D eigenvalue weighted by molar-refractivity contribution is 5.69. The number of benzene rings is 1. The summed E-state index contributed by atoms with van der Waals surface area (Å²) in [4.78, 5) is 15.5. The zero-order valence-corrected chi connectivity index (χ0v) is 13.5. The molecule has 2 fully saturated rings. The lowest BCUT2D eigenvalue weighted by atomic mass is 10.2. The highest BCUT2D eigenvalue weighted by Gasteiger charge is 2.21. The molecule has 0 bridgehead atoms. The highest BCUT2D eigenvalue weighted by atomic mass is 16.6. The van der Waals surface area contributed by atoms with Crippen molar-refractivity contribution in [1.29, 1.82) is 0 Å². The van der Waals surface area contributed by atoms with Gasteiger partial charge in [-0.2, -0.15) is 0 Å². The molecule has 126 valence electrons. The van der Waals surface area contributed by atoms with E-state index in [1.165, 1.54) is 0 Å². The van der Waals surface area contributed by atoms with Gasteiger partial charge in [-0.05, 0) is 32.0 Å². The molecular formula is C16H24N4O3. The molecule has 2 aliphatic rings. The molecular weight excluding hydrogens is 296 g/mol. The van der Waals surface area contributed by atoms with E-state index < -0.39 is 0 Å². The molecule has 1 aromatic carbocycles. The lowest BCUT2D eigenvalue weighted by Gasteiger charge is -2.34. The summed E-state index contributed by atoms with van der Waals surface area (Å²) in [6.45, 7) is 5.31. The van der Waals surface area contributed by atoms with E-state index in [1.54, 1.807) is 6.07 Å². The van der Waals surface area contributed by atoms with Crippen molar-refractivity contribution in [1.82, 2.24) is 4.90 Å². The van der Waals surface area contributed by atoms with Crippen LogP contribution in [0.5, 0.6) is 0 Å². The van der Waals surface area contributed by atoms with E-state index in [-0.39, 0.29) is 16.7 Å². The summed E-state index contributed by atoms with van der Waals surface area (Å²) in [6.07, 6.45) is 2.23. The topological polar surface area (TPSA) is 70.9 Å². The van der Waals surface area contributed by atoms with Crippen LogP contribution in [0.25, 0.3) is 0 Å². The maximum Gasteiger partial charge on any atom is 0.292 e. The molecule has 1 aromatic rings. The van der Waals surface area contributed by atoms with Crippen LogP contribution in [-0.2, 0) is 4.74 Å². The van der Waals surface area contributed by atoms with E-state index in [1.807, 2.05) is 12.1 Å². The van der Waals surface area contributed by atoms with E-state index in [4.69, 9.17) is 4.74 Å². The number of nitrogens with zero attached hydrogens (tertiary/aromatic N) is 3. The summed E-state index contributed by atoms with van der Waals surface area (Å²) < 4.78 is 5.59. The Morgan fingerprint density at radius 3 is 2.78 bits per heavy atom. The minimum atomic E-state index is -0.328. The number of piperazine rings is 1. The van der Waals surface area contributed by atoms with Gasteiger partial charge in [-0.1, -0.05) is 0 Å². The second kappa shape index (κ2) is 7.14. The summed E-state index contributed by atoms with van der Waals surface area (Å²) in [6, 6.07) is 5.35. The monoisotopic (exact) mass is 320 g/mol. The summed E-state index contributed by atoms with van der Waals surface area (Å²) in [5, 5.41) is 14.5. The van der Waals surface area contributed by atoms with Crippen molar-refractivity contribution in [2.45, 2.75) is 18.9 Å². The molecule has 0 amide bonds. The molecule has 2 aliphatic heterocycles. The van der Waals surface area contributed by atoms with Crippen molar-refractivity contribution < 1.29 is 9.66 Å². The molecule has 0 spiro atoms. The number of nitrogens with one attached hydrogen (secondary N) is 1. The van der Waals surface area contributed by atoms with E-state index >= 15 is 0 Å². The van der Waals surface area contributed by atoms with Gasteiger partial charge in [0, 0.05) is 51.1 Å². The normalized spacial score (nSPS) is 22.3. The Labute approximate surface area is 136 Å². The Kier molecular flexibility index (Phi) is 4.97. The van der Waals surface area contributed by atoms with Gasteiger partial charge in [0.1, 0.15) is 5.69 Å². The second-order valence-electron chi connectivity index (χ2n) is 6.26. The fourth-order valence-electron chi connectivity index (χ4n) is 3.12.